The van der Waals surface area contributed by atoms with Gasteiger partial charge in [-0.25, -0.2) is 4.39 Å². The van der Waals surface area contributed by atoms with E-state index < -0.39 is 23.1 Å². The third-order valence-corrected chi connectivity index (χ3v) is 4.34. The second-order valence-corrected chi connectivity index (χ2v) is 6.02. The van der Waals surface area contributed by atoms with Gasteiger partial charge in [-0.05, 0) is 25.1 Å². The zero-order valence-corrected chi connectivity index (χ0v) is 13.8. The third-order valence-electron chi connectivity index (χ3n) is 3.53. The van der Waals surface area contributed by atoms with Crippen molar-refractivity contribution in [1.29, 1.82) is 0 Å². The van der Waals surface area contributed by atoms with Crippen LogP contribution in [0.4, 0.5) is 17.6 Å². The van der Waals surface area contributed by atoms with Gasteiger partial charge in [0.1, 0.15) is 0 Å². The number of carbonyl (C=O) groups is 1. The molecule has 132 valence electrons. The van der Waals surface area contributed by atoms with Gasteiger partial charge < -0.3 is 9.47 Å². The smallest absolute Gasteiger partial charge is 0.494 e. The van der Waals surface area contributed by atoms with E-state index in [-0.39, 0.29) is 16.7 Å². The summed E-state index contributed by atoms with van der Waals surface area (Å²) >= 11 is 0.652. The summed E-state index contributed by atoms with van der Waals surface area (Å²) in [5, 5.41) is 0.999. The Hall–Kier alpha value is -2.55. The van der Waals surface area contributed by atoms with E-state index in [1.54, 1.807) is 6.92 Å². The zero-order valence-electron chi connectivity index (χ0n) is 13.0. The molecule has 0 spiro atoms. The van der Waals surface area contributed by atoms with Gasteiger partial charge in [-0.3, -0.25) is 9.36 Å². The lowest BCUT2D eigenvalue weighted by Crippen LogP contribution is -2.16. The maximum Gasteiger partial charge on any atom is 0.573 e. The molecule has 3 aromatic rings. The number of thiophene rings is 1. The number of hydrogen-bond acceptors (Lipinski definition) is 4. The summed E-state index contributed by atoms with van der Waals surface area (Å²) in [6.07, 6.45) is -4.83. The van der Waals surface area contributed by atoms with Crippen LogP contribution >= 0.6 is 11.3 Å². The number of fused-ring (bicyclic) bond motifs is 1. The Morgan fingerprint density at radius 3 is 2.60 bits per heavy atom. The fourth-order valence-electron chi connectivity index (χ4n) is 2.51. The van der Waals surface area contributed by atoms with Crippen LogP contribution in [-0.4, -0.2) is 23.9 Å². The molecule has 1 aromatic carbocycles. The van der Waals surface area contributed by atoms with Crippen LogP contribution < -0.4 is 9.47 Å². The van der Waals surface area contributed by atoms with E-state index in [1.165, 1.54) is 35.3 Å². The molecule has 0 radical (unpaired) electrons. The predicted octanol–water partition coefficient (Wildman–Crippen LogP) is 4.75. The molecular formula is C16H11F4NO3S. The molecule has 3 rings (SSSR count). The summed E-state index contributed by atoms with van der Waals surface area (Å²) in [5.41, 5.74) is 0.753. The first kappa shape index (κ1) is 17.3. The molecule has 0 atom stereocenters. The highest BCUT2D eigenvalue weighted by atomic mass is 32.1. The Bertz CT molecular complexity index is 958. The first-order valence-corrected chi connectivity index (χ1v) is 7.83. The number of carbonyl (C=O) groups excluding carboxylic acids is 1. The topological polar surface area (TPSA) is 40.5 Å². The lowest BCUT2D eigenvalue weighted by atomic mass is 10.2. The molecule has 0 aliphatic heterocycles. The molecule has 0 fully saturated rings. The number of aryl methyl sites for hydroxylation is 1. The number of rotatable bonds is 3. The SMILES string of the molecule is COc1ccc2c(cc(C)n2C(=O)c2csc(OC(F)(F)F)c2)c1F. The second-order valence-electron chi connectivity index (χ2n) is 5.14. The number of alkyl halides is 3. The monoisotopic (exact) mass is 373 g/mol. The van der Waals surface area contributed by atoms with Gasteiger partial charge in [-0.1, -0.05) is 0 Å². The lowest BCUT2D eigenvalue weighted by Gasteiger charge is -2.07. The van der Waals surface area contributed by atoms with Crippen LogP contribution in [0.1, 0.15) is 16.1 Å². The molecule has 25 heavy (non-hydrogen) atoms. The zero-order chi connectivity index (χ0) is 18.4. The largest absolute Gasteiger partial charge is 0.573 e. The molecule has 4 nitrogen and oxygen atoms in total. The summed E-state index contributed by atoms with van der Waals surface area (Å²) in [5.74, 6) is -1.15. The molecule has 2 aromatic heterocycles. The van der Waals surface area contributed by atoms with Crippen molar-refractivity contribution in [3.63, 3.8) is 0 Å². The van der Waals surface area contributed by atoms with Crippen LogP contribution in [0.2, 0.25) is 0 Å². The Morgan fingerprint density at radius 1 is 1.24 bits per heavy atom. The average Bonchev–Trinajstić information content (AvgIpc) is 3.10. The van der Waals surface area contributed by atoms with E-state index in [0.717, 1.165) is 6.07 Å². The quantitative estimate of drug-likeness (QED) is 0.623. The molecule has 0 bridgehead atoms. The van der Waals surface area contributed by atoms with Crippen molar-refractivity contribution in [3.8, 4) is 10.8 Å². The van der Waals surface area contributed by atoms with Crippen molar-refractivity contribution in [3.05, 3.63) is 46.7 Å². The first-order chi connectivity index (χ1) is 11.7. The minimum absolute atomic E-state index is 0.0149. The molecule has 2 heterocycles. The van der Waals surface area contributed by atoms with Gasteiger partial charge in [0.15, 0.2) is 16.6 Å². The number of ether oxygens (including phenoxy) is 2. The number of benzene rings is 1. The van der Waals surface area contributed by atoms with Crippen molar-refractivity contribution in [2.75, 3.05) is 7.11 Å². The highest BCUT2D eigenvalue weighted by Gasteiger charge is 2.32. The molecule has 0 aliphatic carbocycles. The van der Waals surface area contributed by atoms with E-state index in [4.69, 9.17) is 4.74 Å². The molecule has 0 saturated heterocycles. The fourth-order valence-corrected chi connectivity index (χ4v) is 3.26. The number of halogens is 4. The number of hydrogen-bond donors (Lipinski definition) is 0. The number of aromatic nitrogens is 1. The predicted molar refractivity (Wildman–Crippen MR) is 83.9 cm³/mol. The summed E-state index contributed by atoms with van der Waals surface area (Å²) in [6.45, 7) is 1.60. The first-order valence-electron chi connectivity index (χ1n) is 6.95. The summed E-state index contributed by atoms with van der Waals surface area (Å²) in [6, 6.07) is 5.38. The van der Waals surface area contributed by atoms with Gasteiger partial charge in [0.25, 0.3) is 5.91 Å². The Kier molecular flexibility index (Phi) is 4.19. The molecule has 0 saturated carbocycles. The number of methoxy groups -OCH3 is 1. The van der Waals surface area contributed by atoms with Crippen molar-refractivity contribution in [2.24, 2.45) is 0 Å². The van der Waals surface area contributed by atoms with Gasteiger partial charge in [-0.2, -0.15) is 0 Å². The lowest BCUT2D eigenvalue weighted by molar-refractivity contribution is -0.273. The van der Waals surface area contributed by atoms with Gasteiger partial charge in [0, 0.05) is 22.5 Å². The van der Waals surface area contributed by atoms with Crippen molar-refractivity contribution in [1.82, 2.24) is 4.57 Å². The van der Waals surface area contributed by atoms with Crippen LogP contribution in [0, 0.1) is 12.7 Å². The molecule has 0 aliphatic rings. The van der Waals surface area contributed by atoms with Crippen LogP contribution in [0.15, 0.2) is 29.6 Å². The Labute approximate surface area is 143 Å². The summed E-state index contributed by atoms with van der Waals surface area (Å²) in [4.78, 5) is 12.7. The molecule has 9 heteroatoms. The highest BCUT2D eigenvalue weighted by Crippen LogP contribution is 2.32. The van der Waals surface area contributed by atoms with E-state index in [2.05, 4.69) is 4.74 Å². The molecule has 0 N–H and O–H groups in total. The van der Waals surface area contributed by atoms with Crippen LogP contribution in [-0.2, 0) is 0 Å². The average molecular weight is 373 g/mol. The maximum atomic E-state index is 14.3. The van der Waals surface area contributed by atoms with E-state index in [9.17, 15) is 22.4 Å². The highest BCUT2D eigenvalue weighted by molar-refractivity contribution is 7.12. The summed E-state index contributed by atoms with van der Waals surface area (Å²) < 4.78 is 61.0. The second kappa shape index (κ2) is 6.07. The normalized spacial score (nSPS) is 11.8. The Morgan fingerprint density at radius 2 is 1.96 bits per heavy atom. The van der Waals surface area contributed by atoms with Gasteiger partial charge >= 0.3 is 6.36 Å². The van der Waals surface area contributed by atoms with E-state index in [1.807, 2.05) is 0 Å². The van der Waals surface area contributed by atoms with Crippen molar-refractivity contribution in [2.45, 2.75) is 13.3 Å². The van der Waals surface area contributed by atoms with E-state index in [0.29, 0.717) is 22.5 Å². The van der Waals surface area contributed by atoms with Gasteiger partial charge in [-0.15, -0.1) is 24.5 Å². The molecule has 0 amide bonds. The minimum atomic E-state index is -4.83. The standard InChI is InChI=1S/C16H11F4NO3S/c1-8-5-10-11(3-4-12(23-2)14(10)17)21(8)15(22)9-6-13(25-7-9)24-16(18,19)20/h3-7H,1-2H3. The van der Waals surface area contributed by atoms with E-state index >= 15 is 0 Å². The fraction of sp³-hybridized carbons (Fsp3) is 0.188. The molecular weight excluding hydrogens is 362 g/mol. The summed E-state index contributed by atoms with van der Waals surface area (Å²) in [7, 11) is 1.33. The van der Waals surface area contributed by atoms with Crippen molar-refractivity contribution >= 4 is 28.1 Å². The third kappa shape index (κ3) is 3.19. The minimum Gasteiger partial charge on any atom is -0.494 e. The van der Waals surface area contributed by atoms with Gasteiger partial charge in [0.05, 0.1) is 18.2 Å². The molecule has 0 unspecified atom stereocenters. The van der Waals surface area contributed by atoms with Crippen molar-refractivity contribution < 1.29 is 31.8 Å². The van der Waals surface area contributed by atoms with Crippen LogP contribution in [0.25, 0.3) is 10.9 Å². The Balaban J connectivity index is 2.03. The van der Waals surface area contributed by atoms with Gasteiger partial charge in [0.2, 0.25) is 0 Å². The maximum absolute atomic E-state index is 14.3. The number of nitrogens with zero attached hydrogens (tertiary/aromatic N) is 1. The van der Waals surface area contributed by atoms with Crippen LogP contribution in [0.3, 0.4) is 0 Å². The van der Waals surface area contributed by atoms with Crippen LogP contribution in [0.5, 0.6) is 10.8 Å².